The molecule has 0 bridgehead atoms. The number of hydrogen-bond acceptors (Lipinski definition) is 2. The van der Waals surface area contributed by atoms with Gasteiger partial charge in [0.2, 0.25) is 0 Å². The molecule has 0 N–H and O–H groups in total. The third kappa shape index (κ3) is 7.69. The van der Waals surface area contributed by atoms with Gasteiger partial charge in [0.1, 0.15) is 17.6 Å². The van der Waals surface area contributed by atoms with Crippen LogP contribution in [0, 0.1) is 0 Å². The van der Waals surface area contributed by atoms with Crippen LogP contribution >= 0.6 is 0 Å². The molecule has 0 aromatic heterocycles. The van der Waals surface area contributed by atoms with E-state index in [1.807, 2.05) is 12.1 Å². The van der Waals surface area contributed by atoms with Gasteiger partial charge in [0.05, 0.1) is 0 Å². The van der Waals surface area contributed by atoms with Gasteiger partial charge in [-0.2, -0.15) is 0 Å². The lowest BCUT2D eigenvalue weighted by atomic mass is 10.1. The molecule has 0 aliphatic carbocycles. The Labute approximate surface area is 129 Å². The predicted octanol–water partition coefficient (Wildman–Crippen LogP) is 5.11. The molecule has 0 heterocycles. The fourth-order valence-electron chi connectivity index (χ4n) is 2.21. The molecule has 0 saturated carbocycles. The van der Waals surface area contributed by atoms with Crippen molar-refractivity contribution in [2.24, 2.45) is 0 Å². The molecule has 1 rings (SSSR count). The average Bonchev–Trinajstić information content (AvgIpc) is 2.47. The lowest BCUT2D eigenvalue weighted by Crippen LogP contribution is -2.15. The van der Waals surface area contributed by atoms with Gasteiger partial charge >= 0.3 is 0 Å². The van der Waals surface area contributed by atoms with Gasteiger partial charge in [0, 0.05) is 12.8 Å². The van der Waals surface area contributed by atoms with E-state index < -0.39 is 0 Å². The van der Waals surface area contributed by atoms with Gasteiger partial charge in [-0.3, -0.25) is 0 Å². The number of aryl methyl sites for hydroxylation is 1. The van der Waals surface area contributed by atoms with Crippen LogP contribution in [0.25, 0.3) is 0 Å². The number of allylic oxidation sites excluding steroid dienone is 1. The van der Waals surface area contributed by atoms with Crippen molar-refractivity contribution in [2.45, 2.75) is 65.4 Å². The van der Waals surface area contributed by atoms with E-state index in [0.29, 0.717) is 6.42 Å². The summed E-state index contributed by atoms with van der Waals surface area (Å²) in [7, 11) is 0. The van der Waals surface area contributed by atoms with Crippen molar-refractivity contribution >= 4 is 5.78 Å². The maximum atomic E-state index is 11.0. The minimum Gasteiger partial charge on any atom is -0.490 e. The number of Topliss-reactive ketones (excluding diaryl/α,β-unsaturated/α-hetero) is 1. The third-order valence-electron chi connectivity index (χ3n) is 3.40. The van der Waals surface area contributed by atoms with Crippen molar-refractivity contribution in [2.75, 3.05) is 0 Å². The van der Waals surface area contributed by atoms with Crippen LogP contribution in [0.15, 0.2) is 36.4 Å². The van der Waals surface area contributed by atoms with E-state index >= 15 is 0 Å². The van der Waals surface area contributed by atoms with E-state index in [9.17, 15) is 4.79 Å². The smallest absolute Gasteiger partial charge is 0.130 e. The molecule has 0 aliphatic rings. The van der Waals surface area contributed by atoms with Gasteiger partial charge in [-0.1, -0.05) is 44.6 Å². The Morgan fingerprint density at radius 1 is 1.19 bits per heavy atom. The Morgan fingerprint density at radius 3 is 2.48 bits per heavy atom. The Hall–Kier alpha value is -1.57. The summed E-state index contributed by atoms with van der Waals surface area (Å²) in [5.41, 5.74) is 1.19. The van der Waals surface area contributed by atoms with E-state index in [-0.39, 0.29) is 11.9 Å². The Bertz CT molecular complexity index is 431. The van der Waals surface area contributed by atoms with Gasteiger partial charge < -0.3 is 9.53 Å². The highest BCUT2D eigenvalue weighted by Crippen LogP contribution is 2.18. The van der Waals surface area contributed by atoms with Gasteiger partial charge in [-0.15, -0.1) is 0 Å². The molecule has 1 unspecified atom stereocenters. The largest absolute Gasteiger partial charge is 0.490 e. The van der Waals surface area contributed by atoms with Gasteiger partial charge in [0.25, 0.3) is 0 Å². The zero-order valence-electron chi connectivity index (χ0n) is 13.6. The topological polar surface area (TPSA) is 26.3 Å². The van der Waals surface area contributed by atoms with E-state index in [0.717, 1.165) is 37.9 Å². The van der Waals surface area contributed by atoms with Crippen molar-refractivity contribution in [1.29, 1.82) is 0 Å². The normalized spacial score (nSPS) is 12.5. The van der Waals surface area contributed by atoms with Crippen LogP contribution in [0.3, 0.4) is 0 Å². The van der Waals surface area contributed by atoms with Crippen molar-refractivity contribution < 1.29 is 9.53 Å². The molecular weight excluding hydrogens is 260 g/mol. The monoisotopic (exact) mass is 288 g/mol. The van der Waals surface area contributed by atoms with Crippen molar-refractivity contribution in [1.82, 2.24) is 0 Å². The van der Waals surface area contributed by atoms with Crippen molar-refractivity contribution in [3.8, 4) is 5.75 Å². The molecular formula is C19H28O2. The average molecular weight is 288 g/mol. The van der Waals surface area contributed by atoms with Crippen LogP contribution in [-0.4, -0.2) is 11.9 Å². The van der Waals surface area contributed by atoms with Crippen LogP contribution in [-0.2, 0) is 11.2 Å². The first kappa shape index (κ1) is 17.5. The maximum Gasteiger partial charge on any atom is 0.130 e. The van der Waals surface area contributed by atoms with Crippen LogP contribution in [0.5, 0.6) is 5.75 Å². The Balaban J connectivity index is 2.54. The molecule has 0 saturated heterocycles. The zero-order chi connectivity index (χ0) is 15.5. The fraction of sp³-hybridized carbons (Fsp3) is 0.526. The second kappa shape index (κ2) is 10.2. The highest BCUT2D eigenvalue weighted by molar-refractivity contribution is 5.75. The SMILES string of the molecule is CC/C=C\CC(CCC)Oc1ccc(CCC(C)=O)cc1. The molecule has 1 atom stereocenters. The summed E-state index contributed by atoms with van der Waals surface area (Å²) in [6.45, 7) is 5.97. The Morgan fingerprint density at radius 2 is 1.90 bits per heavy atom. The van der Waals surface area contributed by atoms with Gasteiger partial charge in [0.15, 0.2) is 0 Å². The fourth-order valence-corrected chi connectivity index (χ4v) is 2.21. The summed E-state index contributed by atoms with van der Waals surface area (Å²) in [5.74, 6) is 1.16. The molecule has 2 heteroatoms. The Kier molecular flexibility index (Phi) is 8.49. The van der Waals surface area contributed by atoms with Gasteiger partial charge in [-0.05, 0) is 43.9 Å². The first-order chi connectivity index (χ1) is 10.2. The van der Waals surface area contributed by atoms with Crippen LogP contribution < -0.4 is 4.74 Å². The van der Waals surface area contributed by atoms with E-state index in [2.05, 4.69) is 38.1 Å². The number of hydrogen-bond donors (Lipinski definition) is 0. The number of rotatable bonds is 10. The summed E-state index contributed by atoms with van der Waals surface area (Å²) in [6, 6.07) is 8.15. The molecule has 1 aromatic carbocycles. The number of ether oxygens (including phenoxy) is 1. The lowest BCUT2D eigenvalue weighted by Gasteiger charge is -2.17. The van der Waals surface area contributed by atoms with Crippen LogP contribution in [0.4, 0.5) is 0 Å². The quantitative estimate of drug-likeness (QED) is 0.559. The summed E-state index contributed by atoms with van der Waals surface area (Å²) < 4.78 is 6.06. The molecule has 0 radical (unpaired) electrons. The molecule has 1 aromatic rings. The van der Waals surface area contributed by atoms with E-state index in [4.69, 9.17) is 4.74 Å². The molecule has 0 fully saturated rings. The molecule has 0 amide bonds. The first-order valence-electron chi connectivity index (χ1n) is 8.05. The molecule has 0 spiro atoms. The highest BCUT2D eigenvalue weighted by Gasteiger charge is 2.08. The van der Waals surface area contributed by atoms with E-state index in [1.54, 1.807) is 6.92 Å². The second-order valence-corrected chi connectivity index (χ2v) is 5.49. The minimum atomic E-state index is 0.237. The third-order valence-corrected chi connectivity index (χ3v) is 3.40. The molecule has 0 aliphatic heterocycles. The minimum absolute atomic E-state index is 0.237. The molecule has 21 heavy (non-hydrogen) atoms. The zero-order valence-corrected chi connectivity index (χ0v) is 13.6. The number of carbonyl (C=O) groups excluding carboxylic acids is 1. The summed E-state index contributed by atoms with van der Waals surface area (Å²) in [5, 5.41) is 0. The summed E-state index contributed by atoms with van der Waals surface area (Å²) in [4.78, 5) is 11.0. The number of carbonyl (C=O) groups is 1. The van der Waals surface area contributed by atoms with Crippen molar-refractivity contribution in [3.05, 3.63) is 42.0 Å². The number of benzene rings is 1. The first-order valence-corrected chi connectivity index (χ1v) is 8.05. The molecule has 116 valence electrons. The predicted molar refractivity (Wildman–Crippen MR) is 88.8 cm³/mol. The maximum absolute atomic E-state index is 11.0. The van der Waals surface area contributed by atoms with Crippen LogP contribution in [0.1, 0.15) is 58.4 Å². The standard InChI is InChI=1S/C19H28O2/c1-4-6-7-9-18(8-5-2)21-19-14-12-17(13-15-19)11-10-16(3)20/h6-7,12-15,18H,4-5,8-11H2,1-3H3/b7-6-. The van der Waals surface area contributed by atoms with Crippen LogP contribution in [0.2, 0.25) is 0 Å². The molecule has 2 nitrogen and oxygen atoms in total. The van der Waals surface area contributed by atoms with Gasteiger partial charge in [-0.25, -0.2) is 0 Å². The second-order valence-electron chi connectivity index (χ2n) is 5.49. The van der Waals surface area contributed by atoms with E-state index in [1.165, 1.54) is 5.56 Å². The summed E-state index contributed by atoms with van der Waals surface area (Å²) in [6.07, 6.45) is 10.3. The number of ketones is 1. The lowest BCUT2D eigenvalue weighted by molar-refractivity contribution is -0.116. The summed E-state index contributed by atoms with van der Waals surface area (Å²) >= 11 is 0. The highest BCUT2D eigenvalue weighted by atomic mass is 16.5. The van der Waals surface area contributed by atoms with Crippen molar-refractivity contribution in [3.63, 3.8) is 0 Å².